The van der Waals surface area contributed by atoms with Crippen LogP contribution in [0.4, 0.5) is 8.78 Å². The van der Waals surface area contributed by atoms with Crippen molar-refractivity contribution < 1.29 is 18.3 Å². The smallest absolute Gasteiger partial charge is 0.262 e. The summed E-state index contributed by atoms with van der Waals surface area (Å²) < 4.78 is 30.0. The molecule has 1 N–H and O–H groups in total. The van der Waals surface area contributed by atoms with E-state index < -0.39 is 18.4 Å². The quantitative estimate of drug-likeness (QED) is 0.858. The third-order valence-corrected chi connectivity index (χ3v) is 1.91. The highest BCUT2D eigenvalue weighted by Crippen LogP contribution is 2.17. The van der Waals surface area contributed by atoms with Gasteiger partial charge in [0, 0.05) is 6.92 Å². The van der Waals surface area contributed by atoms with Crippen LogP contribution in [0.3, 0.4) is 0 Å². The molecule has 0 aliphatic rings. The number of methoxy groups -OCH3 is 1. The number of hydrogen-bond acceptors (Lipinski definition) is 2. The van der Waals surface area contributed by atoms with Crippen LogP contribution in [-0.2, 0) is 0 Å². The minimum absolute atomic E-state index is 0.245. The van der Waals surface area contributed by atoms with E-state index in [9.17, 15) is 13.6 Å². The van der Waals surface area contributed by atoms with Gasteiger partial charge in [-0.2, -0.15) is 0 Å². The van der Waals surface area contributed by atoms with Gasteiger partial charge in [-0.15, -0.1) is 0 Å². The number of rotatable bonds is 4. The van der Waals surface area contributed by atoms with Crippen LogP contribution >= 0.6 is 0 Å². The van der Waals surface area contributed by atoms with Gasteiger partial charge in [-0.1, -0.05) is 12.1 Å². The molecule has 0 aliphatic heterocycles. The predicted octanol–water partition coefficient (Wildman–Crippen LogP) is 2.08. The van der Waals surface area contributed by atoms with Crippen LogP contribution in [0.25, 0.3) is 0 Å². The van der Waals surface area contributed by atoms with Gasteiger partial charge in [0.25, 0.3) is 11.8 Å². The molecule has 0 spiro atoms. The molecule has 1 aromatic rings. The summed E-state index contributed by atoms with van der Waals surface area (Å²) in [6, 6.07) is 6.45. The van der Waals surface area contributed by atoms with Crippen LogP contribution in [0.2, 0.25) is 0 Å². The Balaban J connectivity index is 2.73. The van der Waals surface area contributed by atoms with Crippen molar-refractivity contribution in [3.05, 3.63) is 29.8 Å². The van der Waals surface area contributed by atoms with Gasteiger partial charge in [0.05, 0.1) is 19.2 Å². The van der Waals surface area contributed by atoms with Gasteiger partial charge in [0.2, 0.25) is 0 Å². The van der Waals surface area contributed by atoms with Crippen molar-refractivity contribution in [2.24, 2.45) is 0 Å². The molecule has 0 heterocycles. The van der Waals surface area contributed by atoms with Gasteiger partial charge in [0.15, 0.2) is 0 Å². The van der Waals surface area contributed by atoms with Crippen LogP contribution < -0.4 is 10.1 Å². The van der Waals surface area contributed by atoms with Crippen molar-refractivity contribution in [2.75, 3.05) is 13.7 Å². The lowest BCUT2D eigenvalue weighted by atomic mass is 10.2. The molecule has 0 aromatic heterocycles. The van der Waals surface area contributed by atoms with Crippen LogP contribution in [0, 0.1) is 0 Å². The lowest BCUT2D eigenvalue weighted by molar-refractivity contribution is 0.0220. The third-order valence-electron chi connectivity index (χ3n) is 1.91. The highest BCUT2D eigenvalue weighted by atomic mass is 19.3. The Morgan fingerprint density at radius 1 is 1.44 bits per heavy atom. The Hall–Kier alpha value is -1.65. The molecule has 0 radical (unpaired) electrons. The highest BCUT2D eigenvalue weighted by molar-refractivity contribution is 5.96. The molecule has 5 heteroatoms. The molecule has 0 aliphatic carbocycles. The lowest BCUT2D eigenvalue weighted by Crippen LogP contribution is -2.34. The van der Waals surface area contributed by atoms with E-state index in [1.165, 1.54) is 13.2 Å². The van der Waals surface area contributed by atoms with Gasteiger partial charge in [-0.3, -0.25) is 4.79 Å². The minimum Gasteiger partial charge on any atom is -0.496 e. The molecule has 0 saturated carbocycles. The number of carbonyl (C=O) groups is 1. The largest absolute Gasteiger partial charge is 0.496 e. The van der Waals surface area contributed by atoms with Crippen molar-refractivity contribution in [1.29, 1.82) is 0 Å². The van der Waals surface area contributed by atoms with Crippen molar-refractivity contribution in [3.8, 4) is 5.75 Å². The zero-order valence-corrected chi connectivity index (χ0v) is 9.09. The number of para-hydroxylation sites is 1. The maximum absolute atomic E-state index is 12.5. The van der Waals surface area contributed by atoms with E-state index in [4.69, 9.17) is 4.74 Å². The van der Waals surface area contributed by atoms with E-state index in [1.54, 1.807) is 18.2 Å². The molecule has 1 rings (SSSR count). The number of benzene rings is 1. The SMILES string of the molecule is COc1ccccc1C(=O)NCC(C)(F)F. The van der Waals surface area contributed by atoms with E-state index in [1.807, 2.05) is 0 Å². The molecule has 3 nitrogen and oxygen atoms in total. The summed E-state index contributed by atoms with van der Waals surface area (Å²) in [4.78, 5) is 11.5. The van der Waals surface area contributed by atoms with Crippen molar-refractivity contribution >= 4 is 5.91 Å². The standard InChI is InChI=1S/C11H13F2NO2/c1-11(12,13)7-14-10(15)8-5-3-4-6-9(8)16-2/h3-6H,7H2,1-2H3,(H,14,15). The van der Waals surface area contributed by atoms with E-state index >= 15 is 0 Å². The Morgan fingerprint density at radius 3 is 2.62 bits per heavy atom. The molecular weight excluding hydrogens is 216 g/mol. The first-order valence-corrected chi connectivity index (χ1v) is 4.73. The number of halogens is 2. The molecular formula is C11H13F2NO2. The average molecular weight is 229 g/mol. The summed E-state index contributed by atoms with van der Waals surface area (Å²) in [6.07, 6.45) is 0. The molecule has 0 atom stereocenters. The van der Waals surface area contributed by atoms with Crippen LogP contribution in [0.5, 0.6) is 5.75 Å². The molecule has 1 aromatic carbocycles. The maximum atomic E-state index is 12.5. The van der Waals surface area contributed by atoms with Crippen molar-refractivity contribution in [1.82, 2.24) is 5.32 Å². The molecule has 0 fully saturated rings. The normalized spacial score (nSPS) is 11.0. The molecule has 0 bridgehead atoms. The van der Waals surface area contributed by atoms with Crippen molar-refractivity contribution in [2.45, 2.75) is 12.8 Å². The monoisotopic (exact) mass is 229 g/mol. The summed E-state index contributed by atoms with van der Waals surface area (Å²) in [5.74, 6) is -3.13. The number of nitrogens with one attached hydrogen (secondary N) is 1. The van der Waals surface area contributed by atoms with Gasteiger partial charge in [0.1, 0.15) is 5.75 Å². The molecule has 0 saturated heterocycles. The second-order valence-corrected chi connectivity index (χ2v) is 3.45. The number of hydrogen-bond donors (Lipinski definition) is 1. The zero-order chi connectivity index (χ0) is 12.2. The Morgan fingerprint density at radius 2 is 2.06 bits per heavy atom. The predicted molar refractivity (Wildman–Crippen MR) is 55.9 cm³/mol. The number of carbonyl (C=O) groups excluding carboxylic acids is 1. The summed E-state index contributed by atoms with van der Waals surface area (Å²) in [7, 11) is 1.42. The van der Waals surface area contributed by atoms with Gasteiger partial charge in [-0.25, -0.2) is 8.78 Å². The number of ether oxygens (including phenoxy) is 1. The molecule has 16 heavy (non-hydrogen) atoms. The fourth-order valence-electron chi connectivity index (χ4n) is 1.16. The number of alkyl halides is 2. The maximum Gasteiger partial charge on any atom is 0.262 e. The van der Waals surface area contributed by atoms with Crippen LogP contribution in [0.15, 0.2) is 24.3 Å². The van der Waals surface area contributed by atoms with E-state index in [0.29, 0.717) is 5.75 Å². The Kier molecular flexibility index (Phi) is 3.82. The fraction of sp³-hybridized carbons (Fsp3) is 0.364. The van der Waals surface area contributed by atoms with Gasteiger partial charge >= 0.3 is 0 Å². The van der Waals surface area contributed by atoms with Gasteiger partial charge < -0.3 is 10.1 Å². The van der Waals surface area contributed by atoms with Crippen LogP contribution in [0.1, 0.15) is 17.3 Å². The first-order valence-electron chi connectivity index (χ1n) is 4.73. The Labute approximate surface area is 92.4 Å². The van der Waals surface area contributed by atoms with E-state index in [2.05, 4.69) is 5.32 Å². The topological polar surface area (TPSA) is 38.3 Å². The summed E-state index contributed by atoms with van der Waals surface area (Å²) >= 11 is 0. The summed E-state index contributed by atoms with van der Waals surface area (Å²) in [5.41, 5.74) is 0.245. The Bertz CT molecular complexity index is 374. The van der Waals surface area contributed by atoms with E-state index in [0.717, 1.165) is 6.92 Å². The summed E-state index contributed by atoms with van der Waals surface area (Å²) in [5, 5.41) is 2.14. The minimum atomic E-state index is -2.92. The highest BCUT2D eigenvalue weighted by Gasteiger charge is 2.22. The second-order valence-electron chi connectivity index (χ2n) is 3.45. The first-order chi connectivity index (χ1) is 7.44. The second kappa shape index (κ2) is 4.92. The van der Waals surface area contributed by atoms with Crippen LogP contribution in [-0.4, -0.2) is 25.5 Å². The van der Waals surface area contributed by atoms with E-state index in [-0.39, 0.29) is 5.56 Å². The zero-order valence-electron chi connectivity index (χ0n) is 9.09. The molecule has 0 unspecified atom stereocenters. The fourth-order valence-corrected chi connectivity index (χ4v) is 1.16. The van der Waals surface area contributed by atoms with Crippen molar-refractivity contribution in [3.63, 3.8) is 0 Å². The number of amides is 1. The third kappa shape index (κ3) is 3.49. The lowest BCUT2D eigenvalue weighted by Gasteiger charge is -2.12. The summed E-state index contributed by atoms with van der Waals surface area (Å²) in [6.45, 7) is 0.0549. The molecule has 88 valence electrons. The van der Waals surface area contributed by atoms with Gasteiger partial charge in [-0.05, 0) is 12.1 Å². The average Bonchev–Trinajstić information content (AvgIpc) is 2.25. The molecule has 1 amide bonds. The first kappa shape index (κ1) is 12.4.